The summed E-state index contributed by atoms with van der Waals surface area (Å²) in [7, 11) is 0. The third kappa shape index (κ3) is 3.46. The SMILES string of the molecule is S=C(S)c1n(Cc2ccccc2)cc[n+]1Cc1ccccc1. The van der Waals surface area contributed by atoms with E-state index in [4.69, 9.17) is 12.2 Å². The Kier molecular flexibility index (Phi) is 4.71. The molecular weight excluding hydrogens is 308 g/mol. The van der Waals surface area contributed by atoms with Crippen molar-refractivity contribution >= 4 is 29.0 Å². The van der Waals surface area contributed by atoms with Gasteiger partial charge in [-0.25, -0.2) is 9.13 Å². The van der Waals surface area contributed by atoms with Crippen LogP contribution in [0.15, 0.2) is 73.1 Å². The molecule has 3 aromatic rings. The largest absolute Gasteiger partial charge is 0.306 e. The summed E-state index contributed by atoms with van der Waals surface area (Å²) in [6, 6.07) is 20.7. The first kappa shape index (κ1) is 15.0. The molecular formula is C18H17N2S2+. The Labute approximate surface area is 141 Å². The standard InChI is InChI=1S/C18H16N2S2/c21-18(22)17-19(13-15-7-3-1-4-8-15)11-12-20(17)14-16-9-5-2-6-10-16/h1-12H,13-14H2/p+1. The van der Waals surface area contributed by atoms with Gasteiger partial charge in [-0.05, 0) is 11.1 Å². The van der Waals surface area contributed by atoms with Crippen LogP contribution in [-0.2, 0) is 13.1 Å². The van der Waals surface area contributed by atoms with Crippen LogP contribution in [0.1, 0.15) is 17.0 Å². The summed E-state index contributed by atoms with van der Waals surface area (Å²) in [6.07, 6.45) is 4.13. The zero-order chi connectivity index (χ0) is 15.4. The van der Waals surface area contributed by atoms with E-state index >= 15 is 0 Å². The third-order valence-corrected chi connectivity index (χ3v) is 3.94. The van der Waals surface area contributed by atoms with Crippen molar-refractivity contribution in [2.45, 2.75) is 13.1 Å². The predicted molar refractivity (Wildman–Crippen MR) is 96.4 cm³/mol. The second kappa shape index (κ2) is 6.90. The van der Waals surface area contributed by atoms with Crippen LogP contribution in [0.25, 0.3) is 0 Å². The van der Waals surface area contributed by atoms with Crippen molar-refractivity contribution in [2.24, 2.45) is 0 Å². The average Bonchev–Trinajstić information content (AvgIpc) is 2.92. The lowest BCUT2D eigenvalue weighted by molar-refractivity contribution is -0.688. The Bertz CT molecular complexity index is 705. The van der Waals surface area contributed by atoms with Crippen molar-refractivity contribution in [3.05, 3.63) is 90.0 Å². The lowest BCUT2D eigenvalue weighted by Gasteiger charge is -2.04. The van der Waals surface area contributed by atoms with Crippen molar-refractivity contribution < 1.29 is 4.57 Å². The second-order valence-corrected chi connectivity index (χ2v) is 6.31. The molecule has 0 aliphatic heterocycles. The minimum absolute atomic E-state index is 0.608. The lowest BCUT2D eigenvalue weighted by atomic mass is 10.2. The Balaban J connectivity index is 1.90. The molecule has 0 atom stereocenters. The molecule has 0 unspecified atom stereocenters. The van der Waals surface area contributed by atoms with Crippen LogP contribution in [0.3, 0.4) is 0 Å². The highest BCUT2D eigenvalue weighted by Gasteiger charge is 2.20. The number of imidazole rings is 1. The molecule has 0 amide bonds. The van der Waals surface area contributed by atoms with Crippen LogP contribution in [0.2, 0.25) is 0 Å². The van der Waals surface area contributed by atoms with Gasteiger partial charge >= 0.3 is 5.82 Å². The Morgan fingerprint density at radius 1 is 0.955 bits per heavy atom. The van der Waals surface area contributed by atoms with Gasteiger partial charge in [0.2, 0.25) is 0 Å². The summed E-state index contributed by atoms with van der Waals surface area (Å²) in [5.41, 5.74) is 2.49. The fraction of sp³-hybridized carbons (Fsp3) is 0.111. The molecule has 0 radical (unpaired) electrons. The van der Waals surface area contributed by atoms with Crippen molar-refractivity contribution in [3.63, 3.8) is 0 Å². The molecule has 0 fully saturated rings. The summed E-state index contributed by atoms with van der Waals surface area (Å²) in [5, 5.41) is 0. The van der Waals surface area contributed by atoms with E-state index in [1.165, 1.54) is 11.1 Å². The van der Waals surface area contributed by atoms with Gasteiger partial charge in [0.05, 0.1) is 0 Å². The first-order valence-electron chi connectivity index (χ1n) is 7.14. The summed E-state index contributed by atoms with van der Waals surface area (Å²) >= 11 is 9.76. The van der Waals surface area contributed by atoms with Gasteiger partial charge in [-0.2, -0.15) is 0 Å². The second-order valence-electron chi connectivity index (χ2n) is 5.15. The third-order valence-electron chi connectivity index (χ3n) is 3.55. The van der Waals surface area contributed by atoms with Crippen molar-refractivity contribution in [1.82, 2.24) is 4.57 Å². The molecule has 22 heavy (non-hydrogen) atoms. The maximum atomic E-state index is 5.35. The van der Waals surface area contributed by atoms with Crippen LogP contribution in [0.4, 0.5) is 0 Å². The molecule has 0 N–H and O–H groups in total. The minimum atomic E-state index is 0.608. The number of hydrogen-bond acceptors (Lipinski definition) is 1. The molecule has 110 valence electrons. The van der Waals surface area contributed by atoms with Gasteiger partial charge < -0.3 is 0 Å². The molecule has 2 aromatic carbocycles. The number of nitrogens with zero attached hydrogens (tertiary/aromatic N) is 2. The van der Waals surface area contributed by atoms with Crippen molar-refractivity contribution in [1.29, 1.82) is 0 Å². The van der Waals surface area contributed by atoms with E-state index in [0.717, 1.165) is 18.9 Å². The molecule has 0 aliphatic rings. The highest BCUT2D eigenvalue weighted by molar-refractivity contribution is 8.11. The number of rotatable bonds is 5. The number of thiocarbonyl (C=S) groups is 1. The number of thiol groups is 1. The van der Waals surface area contributed by atoms with Gasteiger partial charge in [-0.3, -0.25) is 0 Å². The zero-order valence-electron chi connectivity index (χ0n) is 12.1. The summed E-state index contributed by atoms with van der Waals surface area (Å²) in [6.45, 7) is 1.58. The Hall–Kier alpha value is -1.91. The highest BCUT2D eigenvalue weighted by Crippen LogP contribution is 2.08. The Morgan fingerprint density at radius 3 is 2.14 bits per heavy atom. The van der Waals surface area contributed by atoms with E-state index < -0.39 is 0 Å². The molecule has 4 heteroatoms. The molecule has 1 heterocycles. The zero-order valence-corrected chi connectivity index (χ0v) is 13.8. The fourth-order valence-corrected chi connectivity index (χ4v) is 3.02. The number of aromatic nitrogens is 2. The summed E-state index contributed by atoms with van der Waals surface area (Å²) in [5.74, 6) is 0.964. The predicted octanol–water partition coefficient (Wildman–Crippen LogP) is 3.48. The number of hydrogen-bond donors (Lipinski definition) is 1. The number of benzene rings is 2. The minimum Gasteiger partial charge on any atom is -0.225 e. The van der Waals surface area contributed by atoms with Crippen LogP contribution in [0.5, 0.6) is 0 Å². The van der Waals surface area contributed by atoms with E-state index in [9.17, 15) is 0 Å². The molecule has 0 bridgehead atoms. The summed E-state index contributed by atoms with van der Waals surface area (Å²) < 4.78 is 4.90. The lowest BCUT2D eigenvalue weighted by Crippen LogP contribution is -2.39. The summed E-state index contributed by atoms with van der Waals surface area (Å²) in [4.78, 5) is 0. The van der Waals surface area contributed by atoms with E-state index in [-0.39, 0.29) is 0 Å². The van der Waals surface area contributed by atoms with E-state index in [1.54, 1.807) is 0 Å². The quantitative estimate of drug-likeness (QED) is 0.429. The molecule has 3 rings (SSSR count). The molecule has 1 aromatic heterocycles. The first-order chi connectivity index (χ1) is 10.7. The Morgan fingerprint density at radius 2 is 1.55 bits per heavy atom. The first-order valence-corrected chi connectivity index (χ1v) is 7.99. The highest BCUT2D eigenvalue weighted by atomic mass is 32.1. The van der Waals surface area contributed by atoms with Gasteiger partial charge in [-0.15, -0.1) is 12.6 Å². The topological polar surface area (TPSA) is 8.81 Å². The normalized spacial score (nSPS) is 10.6. The monoisotopic (exact) mass is 325 g/mol. The molecule has 0 saturated heterocycles. The van der Waals surface area contributed by atoms with Gasteiger partial charge in [0.1, 0.15) is 25.5 Å². The fourth-order valence-electron chi connectivity index (χ4n) is 2.53. The van der Waals surface area contributed by atoms with E-state index in [0.29, 0.717) is 4.20 Å². The van der Waals surface area contributed by atoms with Crippen molar-refractivity contribution in [3.8, 4) is 0 Å². The molecule has 0 aliphatic carbocycles. The molecule has 0 saturated carbocycles. The molecule has 2 nitrogen and oxygen atoms in total. The van der Waals surface area contributed by atoms with E-state index in [1.807, 2.05) is 12.1 Å². The van der Waals surface area contributed by atoms with Crippen molar-refractivity contribution in [2.75, 3.05) is 0 Å². The average molecular weight is 325 g/mol. The van der Waals surface area contributed by atoms with Gasteiger partial charge in [0.25, 0.3) is 0 Å². The maximum Gasteiger partial charge on any atom is 0.306 e. The van der Waals surface area contributed by atoms with Crippen LogP contribution in [-0.4, -0.2) is 8.76 Å². The van der Waals surface area contributed by atoms with Crippen LogP contribution in [0, 0.1) is 0 Å². The maximum absolute atomic E-state index is 5.35. The van der Waals surface area contributed by atoms with Crippen LogP contribution >= 0.6 is 24.8 Å². The van der Waals surface area contributed by atoms with Crippen LogP contribution < -0.4 is 4.57 Å². The van der Waals surface area contributed by atoms with Gasteiger partial charge in [-0.1, -0.05) is 72.9 Å². The van der Waals surface area contributed by atoms with E-state index in [2.05, 4.69) is 82.7 Å². The van der Waals surface area contributed by atoms with Gasteiger partial charge in [0, 0.05) is 0 Å². The van der Waals surface area contributed by atoms with Gasteiger partial charge in [0.15, 0.2) is 4.20 Å². The smallest absolute Gasteiger partial charge is 0.225 e. The molecule has 0 spiro atoms.